The van der Waals surface area contributed by atoms with E-state index in [2.05, 4.69) is 44.7 Å². The molecule has 0 amide bonds. The average Bonchev–Trinajstić information content (AvgIpc) is 2.12. The Morgan fingerprint density at radius 3 is 2.36 bits per heavy atom. The molecule has 0 rings (SSSR count). The molecule has 1 unspecified atom stereocenters. The van der Waals surface area contributed by atoms with E-state index in [4.69, 9.17) is 0 Å². The van der Waals surface area contributed by atoms with Crippen molar-refractivity contribution >= 4 is 0 Å². The van der Waals surface area contributed by atoms with E-state index in [0.29, 0.717) is 6.04 Å². The second-order valence-corrected chi connectivity index (χ2v) is 4.61. The lowest BCUT2D eigenvalue weighted by atomic mass is 9.89. The Morgan fingerprint density at radius 2 is 2.00 bits per heavy atom. The molecule has 0 bridgehead atoms. The van der Waals surface area contributed by atoms with Crippen LogP contribution in [-0.4, -0.2) is 37.6 Å². The molecule has 0 spiro atoms. The van der Waals surface area contributed by atoms with Gasteiger partial charge in [-0.2, -0.15) is 0 Å². The van der Waals surface area contributed by atoms with Crippen molar-refractivity contribution in [3.8, 4) is 0 Å². The summed E-state index contributed by atoms with van der Waals surface area (Å²) in [4.78, 5) is 2.28. The van der Waals surface area contributed by atoms with Gasteiger partial charge in [-0.1, -0.05) is 6.08 Å². The minimum atomic E-state index is 0.204. The van der Waals surface area contributed by atoms with Gasteiger partial charge in [-0.3, -0.25) is 0 Å². The van der Waals surface area contributed by atoms with Crippen LogP contribution in [0.5, 0.6) is 0 Å². The van der Waals surface area contributed by atoms with Crippen LogP contribution in [0.15, 0.2) is 12.7 Å². The molecule has 1 N–H and O–H groups in total. The molecule has 0 aromatic carbocycles. The quantitative estimate of drug-likeness (QED) is 0.499. The third-order valence-corrected chi connectivity index (χ3v) is 3.25. The van der Waals surface area contributed by atoms with Gasteiger partial charge >= 0.3 is 0 Å². The minimum absolute atomic E-state index is 0.204. The summed E-state index contributed by atoms with van der Waals surface area (Å²) in [6, 6.07) is 0.539. The van der Waals surface area contributed by atoms with E-state index >= 15 is 0 Å². The fourth-order valence-electron chi connectivity index (χ4n) is 1.63. The molecular weight excluding hydrogens is 172 g/mol. The minimum Gasteiger partial charge on any atom is -0.315 e. The summed E-state index contributed by atoms with van der Waals surface area (Å²) in [5.74, 6) is 0. The van der Waals surface area contributed by atoms with Crippen molar-refractivity contribution in [2.24, 2.45) is 0 Å². The second kappa shape index (κ2) is 6.20. The molecule has 0 saturated heterocycles. The van der Waals surface area contributed by atoms with Crippen molar-refractivity contribution in [1.29, 1.82) is 0 Å². The number of hydrogen-bond acceptors (Lipinski definition) is 2. The van der Waals surface area contributed by atoms with Crippen molar-refractivity contribution in [2.75, 3.05) is 21.1 Å². The Labute approximate surface area is 89.4 Å². The van der Waals surface area contributed by atoms with E-state index in [9.17, 15) is 0 Å². The van der Waals surface area contributed by atoms with Crippen LogP contribution in [0.4, 0.5) is 0 Å². The zero-order valence-electron chi connectivity index (χ0n) is 10.4. The van der Waals surface area contributed by atoms with Gasteiger partial charge < -0.3 is 10.2 Å². The molecule has 0 aliphatic rings. The van der Waals surface area contributed by atoms with Crippen molar-refractivity contribution in [3.05, 3.63) is 12.7 Å². The normalized spacial score (nSPS) is 14.4. The first-order valence-corrected chi connectivity index (χ1v) is 5.42. The zero-order chi connectivity index (χ0) is 11.2. The number of rotatable bonds is 7. The van der Waals surface area contributed by atoms with Gasteiger partial charge in [0.1, 0.15) is 0 Å². The number of unbranched alkanes of at least 4 members (excludes halogenated alkanes) is 1. The Bertz CT molecular complexity index is 162. The van der Waals surface area contributed by atoms with Crippen LogP contribution >= 0.6 is 0 Å². The molecule has 0 aromatic rings. The summed E-state index contributed by atoms with van der Waals surface area (Å²) in [6.07, 6.45) is 5.52. The van der Waals surface area contributed by atoms with Gasteiger partial charge in [-0.15, -0.1) is 6.58 Å². The highest BCUT2D eigenvalue weighted by Crippen LogP contribution is 2.19. The summed E-state index contributed by atoms with van der Waals surface area (Å²) in [5.41, 5.74) is 0.204. The van der Waals surface area contributed by atoms with Gasteiger partial charge in [-0.25, -0.2) is 0 Å². The molecular formula is C12H26N2. The SMILES string of the molecule is C=CCCCC(NC)C(C)(C)N(C)C. The third-order valence-electron chi connectivity index (χ3n) is 3.25. The molecule has 2 nitrogen and oxygen atoms in total. The molecule has 0 heterocycles. The van der Waals surface area contributed by atoms with E-state index < -0.39 is 0 Å². The number of nitrogens with zero attached hydrogens (tertiary/aromatic N) is 1. The summed E-state index contributed by atoms with van der Waals surface area (Å²) in [5, 5.41) is 3.41. The van der Waals surface area contributed by atoms with E-state index in [1.54, 1.807) is 0 Å². The third kappa shape index (κ3) is 3.81. The van der Waals surface area contributed by atoms with Gasteiger partial charge in [0, 0.05) is 11.6 Å². The average molecular weight is 198 g/mol. The number of nitrogens with one attached hydrogen (secondary N) is 1. The first kappa shape index (κ1) is 13.7. The summed E-state index contributed by atoms with van der Waals surface area (Å²) in [6.45, 7) is 8.31. The van der Waals surface area contributed by atoms with E-state index in [-0.39, 0.29) is 5.54 Å². The molecule has 84 valence electrons. The van der Waals surface area contributed by atoms with Crippen molar-refractivity contribution in [2.45, 2.75) is 44.7 Å². The maximum Gasteiger partial charge on any atom is 0.0300 e. The highest BCUT2D eigenvalue weighted by atomic mass is 15.2. The first-order chi connectivity index (χ1) is 6.46. The van der Waals surface area contributed by atoms with Gasteiger partial charge in [0.2, 0.25) is 0 Å². The highest BCUT2D eigenvalue weighted by molar-refractivity contribution is 4.90. The molecule has 14 heavy (non-hydrogen) atoms. The lowest BCUT2D eigenvalue weighted by Crippen LogP contribution is -2.54. The van der Waals surface area contributed by atoms with Crippen molar-refractivity contribution in [3.63, 3.8) is 0 Å². The highest BCUT2D eigenvalue weighted by Gasteiger charge is 2.29. The van der Waals surface area contributed by atoms with Crippen LogP contribution in [0, 0.1) is 0 Å². The van der Waals surface area contributed by atoms with Gasteiger partial charge in [0.15, 0.2) is 0 Å². The topological polar surface area (TPSA) is 15.3 Å². The van der Waals surface area contributed by atoms with Crippen LogP contribution in [0.1, 0.15) is 33.1 Å². The maximum absolute atomic E-state index is 3.75. The lowest BCUT2D eigenvalue weighted by molar-refractivity contribution is 0.135. The monoisotopic (exact) mass is 198 g/mol. The standard InChI is InChI=1S/C12H26N2/c1-7-8-9-10-11(13-4)12(2,3)14(5)6/h7,11,13H,1,8-10H2,2-6H3. The first-order valence-electron chi connectivity index (χ1n) is 5.42. The molecule has 0 saturated carbocycles. The van der Waals surface area contributed by atoms with Crippen LogP contribution in [0.2, 0.25) is 0 Å². The molecule has 0 radical (unpaired) electrons. The summed E-state index contributed by atoms with van der Waals surface area (Å²) >= 11 is 0. The largest absolute Gasteiger partial charge is 0.315 e. The number of allylic oxidation sites excluding steroid dienone is 1. The molecule has 1 atom stereocenters. The predicted molar refractivity (Wildman–Crippen MR) is 64.7 cm³/mol. The fourth-order valence-corrected chi connectivity index (χ4v) is 1.63. The van der Waals surface area contributed by atoms with E-state index in [1.807, 2.05) is 13.1 Å². The number of likely N-dealkylation sites (N-methyl/N-ethyl adjacent to an activating group) is 2. The summed E-state index contributed by atoms with van der Waals surface area (Å²) in [7, 11) is 6.32. The number of hydrogen-bond donors (Lipinski definition) is 1. The fraction of sp³-hybridized carbons (Fsp3) is 0.833. The Morgan fingerprint density at radius 1 is 1.43 bits per heavy atom. The van der Waals surface area contributed by atoms with E-state index in [0.717, 1.165) is 6.42 Å². The maximum atomic E-state index is 3.75. The van der Waals surface area contributed by atoms with Crippen molar-refractivity contribution in [1.82, 2.24) is 10.2 Å². The molecule has 0 aromatic heterocycles. The van der Waals surface area contributed by atoms with Gasteiger partial charge in [0.25, 0.3) is 0 Å². The lowest BCUT2D eigenvalue weighted by Gasteiger charge is -2.40. The zero-order valence-corrected chi connectivity index (χ0v) is 10.4. The Hall–Kier alpha value is -0.340. The predicted octanol–water partition coefficient (Wildman–Crippen LogP) is 2.27. The molecule has 0 aliphatic carbocycles. The summed E-state index contributed by atoms with van der Waals surface area (Å²) < 4.78 is 0. The molecule has 0 fully saturated rings. The van der Waals surface area contributed by atoms with Crippen LogP contribution in [-0.2, 0) is 0 Å². The van der Waals surface area contributed by atoms with Crippen LogP contribution in [0.25, 0.3) is 0 Å². The molecule has 0 aliphatic heterocycles. The Balaban J connectivity index is 4.17. The second-order valence-electron chi connectivity index (χ2n) is 4.61. The van der Waals surface area contributed by atoms with Crippen molar-refractivity contribution < 1.29 is 0 Å². The van der Waals surface area contributed by atoms with Gasteiger partial charge in [0.05, 0.1) is 0 Å². The van der Waals surface area contributed by atoms with Crippen LogP contribution in [0.3, 0.4) is 0 Å². The van der Waals surface area contributed by atoms with Crippen LogP contribution < -0.4 is 5.32 Å². The van der Waals surface area contributed by atoms with Gasteiger partial charge in [-0.05, 0) is 54.3 Å². The Kier molecular flexibility index (Phi) is 6.05. The van der Waals surface area contributed by atoms with E-state index in [1.165, 1.54) is 12.8 Å². The smallest absolute Gasteiger partial charge is 0.0300 e. The molecule has 2 heteroatoms.